The number of fused-ring (bicyclic) bond motifs is 1. The molecule has 0 radical (unpaired) electrons. The van der Waals surface area contributed by atoms with Crippen molar-refractivity contribution in [2.75, 3.05) is 0 Å². The minimum absolute atomic E-state index is 0.0961. The number of nitrogens with zero attached hydrogens (tertiary/aromatic N) is 6. The Labute approximate surface area is 120 Å². The normalized spacial score (nSPS) is 14.7. The Morgan fingerprint density at radius 2 is 2.19 bits per heavy atom. The first-order valence-corrected chi connectivity index (χ1v) is 6.96. The van der Waals surface area contributed by atoms with Crippen LogP contribution in [0.2, 0.25) is 0 Å². The van der Waals surface area contributed by atoms with Gasteiger partial charge in [0.05, 0.1) is 5.69 Å². The lowest BCUT2D eigenvalue weighted by atomic mass is 10.3. The van der Waals surface area contributed by atoms with E-state index in [2.05, 4.69) is 20.4 Å². The highest BCUT2D eigenvalue weighted by Gasteiger charge is 2.28. The number of pyridine rings is 1. The van der Waals surface area contributed by atoms with Crippen LogP contribution in [0.4, 0.5) is 0 Å². The lowest BCUT2D eigenvalue weighted by Gasteiger charge is -2.04. The molecule has 3 aromatic heterocycles. The van der Waals surface area contributed by atoms with Gasteiger partial charge in [-0.2, -0.15) is 4.80 Å². The van der Waals surface area contributed by atoms with Crippen LogP contribution in [0.5, 0.6) is 0 Å². The third-order valence-electron chi connectivity index (χ3n) is 3.57. The van der Waals surface area contributed by atoms with E-state index in [9.17, 15) is 4.79 Å². The van der Waals surface area contributed by atoms with Gasteiger partial charge in [-0.1, -0.05) is 6.07 Å². The minimum atomic E-state index is -0.0961. The van der Waals surface area contributed by atoms with Gasteiger partial charge in [0.25, 0.3) is 5.56 Å². The zero-order valence-corrected chi connectivity index (χ0v) is 11.6. The van der Waals surface area contributed by atoms with E-state index in [-0.39, 0.29) is 5.56 Å². The van der Waals surface area contributed by atoms with Gasteiger partial charge in [-0.15, -0.1) is 10.2 Å². The predicted molar refractivity (Wildman–Crippen MR) is 75.1 cm³/mol. The number of rotatable bonds is 3. The van der Waals surface area contributed by atoms with E-state index in [1.165, 1.54) is 10.9 Å². The summed E-state index contributed by atoms with van der Waals surface area (Å²) < 4.78 is 1.54. The highest BCUT2D eigenvalue weighted by molar-refractivity contribution is 5.39. The second kappa shape index (κ2) is 4.47. The second-order valence-electron chi connectivity index (χ2n) is 5.47. The van der Waals surface area contributed by atoms with Crippen molar-refractivity contribution in [3.8, 4) is 0 Å². The number of hydrogen-bond acceptors (Lipinski definition) is 5. The maximum atomic E-state index is 12.1. The van der Waals surface area contributed by atoms with Crippen molar-refractivity contribution >= 4 is 5.65 Å². The lowest BCUT2D eigenvalue weighted by Crippen LogP contribution is -2.17. The summed E-state index contributed by atoms with van der Waals surface area (Å²) in [6.45, 7) is 2.30. The lowest BCUT2D eigenvalue weighted by molar-refractivity contribution is 0.561. The van der Waals surface area contributed by atoms with Crippen LogP contribution in [0.3, 0.4) is 0 Å². The van der Waals surface area contributed by atoms with E-state index >= 15 is 0 Å². The van der Waals surface area contributed by atoms with Gasteiger partial charge >= 0.3 is 0 Å². The van der Waals surface area contributed by atoms with Crippen LogP contribution < -0.4 is 5.56 Å². The monoisotopic (exact) mass is 282 g/mol. The summed E-state index contributed by atoms with van der Waals surface area (Å²) in [5, 5.41) is 12.4. The number of hydrogen-bond donors (Lipinski definition) is 0. The molecule has 7 nitrogen and oxygen atoms in total. The van der Waals surface area contributed by atoms with E-state index < -0.39 is 0 Å². The zero-order chi connectivity index (χ0) is 14.4. The topological polar surface area (TPSA) is 78.0 Å². The second-order valence-corrected chi connectivity index (χ2v) is 5.47. The SMILES string of the molecule is Cc1ccc2nc(Cn3nnc(C4CC4)n3)cc(=O)n2c1. The van der Waals surface area contributed by atoms with Crippen LogP contribution in [0.25, 0.3) is 5.65 Å². The molecule has 0 spiro atoms. The molecule has 106 valence electrons. The maximum Gasteiger partial charge on any atom is 0.258 e. The molecule has 7 heteroatoms. The van der Waals surface area contributed by atoms with Gasteiger partial charge < -0.3 is 0 Å². The molecule has 1 aliphatic rings. The molecule has 0 atom stereocenters. The molecule has 3 aromatic rings. The van der Waals surface area contributed by atoms with Crippen LogP contribution >= 0.6 is 0 Å². The van der Waals surface area contributed by atoms with Gasteiger partial charge in [-0.05, 0) is 36.6 Å². The van der Waals surface area contributed by atoms with E-state index in [1.807, 2.05) is 19.1 Å². The average molecular weight is 282 g/mol. The molecule has 0 amide bonds. The Bertz CT molecular complexity index is 877. The van der Waals surface area contributed by atoms with Gasteiger partial charge in [0.2, 0.25) is 0 Å². The smallest absolute Gasteiger partial charge is 0.258 e. The van der Waals surface area contributed by atoms with Crippen molar-refractivity contribution in [3.63, 3.8) is 0 Å². The van der Waals surface area contributed by atoms with Gasteiger partial charge in [0.15, 0.2) is 5.82 Å². The zero-order valence-electron chi connectivity index (χ0n) is 11.6. The Hall–Kier alpha value is -2.57. The van der Waals surface area contributed by atoms with Gasteiger partial charge in [-0.25, -0.2) is 4.98 Å². The van der Waals surface area contributed by atoms with Crippen molar-refractivity contribution in [1.82, 2.24) is 29.6 Å². The van der Waals surface area contributed by atoms with Crippen LogP contribution in [0, 0.1) is 6.92 Å². The molecule has 1 fully saturated rings. The van der Waals surface area contributed by atoms with Gasteiger partial charge in [-0.3, -0.25) is 9.20 Å². The summed E-state index contributed by atoms with van der Waals surface area (Å²) in [4.78, 5) is 18.1. The molecule has 21 heavy (non-hydrogen) atoms. The third-order valence-corrected chi connectivity index (χ3v) is 3.57. The van der Waals surface area contributed by atoms with E-state index in [1.54, 1.807) is 10.6 Å². The maximum absolute atomic E-state index is 12.1. The fourth-order valence-corrected chi connectivity index (χ4v) is 2.31. The molecule has 3 heterocycles. The summed E-state index contributed by atoms with van der Waals surface area (Å²) >= 11 is 0. The number of aryl methyl sites for hydroxylation is 1. The molecule has 0 saturated heterocycles. The van der Waals surface area contributed by atoms with Crippen molar-refractivity contribution in [3.05, 3.63) is 51.8 Å². The quantitative estimate of drug-likeness (QED) is 0.713. The molecule has 0 N–H and O–H groups in total. The first-order valence-electron chi connectivity index (χ1n) is 6.96. The van der Waals surface area contributed by atoms with Crippen LogP contribution in [0.1, 0.15) is 35.8 Å². The van der Waals surface area contributed by atoms with Crippen molar-refractivity contribution in [1.29, 1.82) is 0 Å². The Balaban J connectivity index is 1.69. The predicted octanol–water partition coefficient (Wildman–Crippen LogP) is 0.915. The molecular weight excluding hydrogens is 268 g/mol. The summed E-state index contributed by atoms with van der Waals surface area (Å²) in [6.07, 6.45) is 4.06. The fraction of sp³-hybridized carbons (Fsp3) is 0.357. The fourth-order valence-electron chi connectivity index (χ4n) is 2.31. The molecule has 0 aromatic carbocycles. The van der Waals surface area contributed by atoms with Crippen molar-refractivity contribution in [2.24, 2.45) is 0 Å². The Morgan fingerprint density at radius 3 is 3.00 bits per heavy atom. The molecule has 0 unspecified atom stereocenters. The molecule has 1 saturated carbocycles. The molecular formula is C14H14N6O. The largest absolute Gasteiger partial charge is 0.269 e. The summed E-state index contributed by atoms with van der Waals surface area (Å²) in [5.41, 5.74) is 2.20. The van der Waals surface area contributed by atoms with E-state index in [0.717, 1.165) is 24.2 Å². The van der Waals surface area contributed by atoms with E-state index in [0.29, 0.717) is 23.8 Å². The van der Waals surface area contributed by atoms with Gasteiger partial charge in [0, 0.05) is 18.2 Å². The molecule has 0 bridgehead atoms. The van der Waals surface area contributed by atoms with E-state index in [4.69, 9.17) is 0 Å². The molecule has 4 rings (SSSR count). The summed E-state index contributed by atoms with van der Waals surface area (Å²) in [7, 11) is 0. The summed E-state index contributed by atoms with van der Waals surface area (Å²) in [6, 6.07) is 5.29. The van der Waals surface area contributed by atoms with Gasteiger partial charge in [0.1, 0.15) is 12.2 Å². The third kappa shape index (κ3) is 2.31. The number of aromatic nitrogens is 6. The van der Waals surface area contributed by atoms with Crippen LogP contribution in [0.15, 0.2) is 29.2 Å². The Kier molecular flexibility index (Phi) is 2.60. The van der Waals surface area contributed by atoms with Crippen molar-refractivity contribution < 1.29 is 0 Å². The minimum Gasteiger partial charge on any atom is -0.269 e. The standard InChI is InChI=1S/C14H14N6O/c1-9-2-5-12-15-11(6-13(21)19(12)7-9)8-20-17-14(16-18-20)10-3-4-10/h2,5-7,10H,3-4,8H2,1H3. The number of tetrazole rings is 1. The molecule has 1 aliphatic carbocycles. The highest BCUT2D eigenvalue weighted by atomic mass is 16.1. The average Bonchev–Trinajstić information content (AvgIpc) is 3.21. The van der Waals surface area contributed by atoms with Crippen LogP contribution in [-0.4, -0.2) is 29.6 Å². The van der Waals surface area contributed by atoms with Crippen molar-refractivity contribution in [2.45, 2.75) is 32.2 Å². The van der Waals surface area contributed by atoms with Crippen LogP contribution in [-0.2, 0) is 6.54 Å². The Morgan fingerprint density at radius 1 is 1.33 bits per heavy atom. The summed E-state index contributed by atoms with van der Waals surface area (Å²) in [5.74, 6) is 1.26. The molecule has 0 aliphatic heterocycles. The first kappa shape index (κ1) is 12.2. The first-order chi connectivity index (χ1) is 10.2. The highest BCUT2D eigenvalue weighted by Crippen LogP contribution is 2.37.